The minimum absolute atomic E-state index is 0.0924. The Kier molecular flexibility index (Phi) is 5.48. The van der Waals surface area contributed by atoms with Crippen LogP contribution in [0.25, 0.3) is 0 Å². The lowest BCUT2D eigenvalue weighted by Gasteiger charge is -2.08. The van der Waals surface area contributed by atoms with Gasteiger partial charge in [-0.05, 0) is 6.42 Å². The smallest absolute Gasteiger partial charge is 0.254 e. The fourth-order valence-corrected chi connectivity index (χ4v) is 1.74. The molecule has 0 saturated carbocycles. The van der Waals surface area contributed by atoms with Gasteiger partial charge < -0.3 is 10.1 Å². The van der Waals surface area contributed by atoms with Gasteiger partial charge in [0.2, 0.25) is 0 Å². The Morgan fingerprint density at radius 2 is 2.50 bits per heavy atom. The van der Waals surface area contributed by atoms with Gasteiger partial charge in [0, 0.05) is 31.7 Å². The lowest BCUT2D eigenvalue weighted by molar-refractivity contribution is 0.0952. The number of aromatic nitrogens is 2. The highest BCUT2D eigenvalue weighted by atomic mass is 79.9. The third kappa shape index (κ3) is 4.32. The van der Waals surface area contributed by atoms with E-state index in [1.807, 2.05) is 0 Å². The summed E-state index contributed by atoms with van der Waals surface area (Å²) in [6.45, 7) is 1.26. The molecule has 0 bridgehead atoms. The zero-order valence-electron chi connectivity index (χ0n) is 9.44. The van der Waals surface area contributed by atoms with Crippen molar-refractivity contribution in [1.29, 1.82) is 0 Å². The van der Waals surface area contributed by atoms with Crippen LogP contribution >= 0.6 is 15.9 Å². The molecule has 1 aromatic heterocycles. The van der Waals surface area contributed by atoms with Crippen molar-refractivity contribution < 1.29 is 9.53 Å². The number of rotatable bonds is 6. The zero-order chi connectivity index (χ0) is 12.0. The van der Waals surface area contributed by atoms with Crippen molar-refractivity contribution in [2.45, 2.75) is 11.2 Å². The number of aryl methyl sites for hydroxylation is 1. The first-order valence-electron chi connectivity index (χ1n) is 5.03. The molecular weight excluding hydrogens is 274 g/mol. The van der Waals surface area contributed by atoms with E-state index in [-0.39, 0.29) is 10.7 Å². The summed E-state index contributed by atoms with van der Waals surface area (Å²) in [5.41, 5.74) is 0.584. The average molecular weight is 290 g/mol. The Morgan fingerprint density at radius 3 is 3.06 bits per heavy atom. The first kappa shape index (κ1) is 13.2. The maximum Gasteiger partial charge on any atom is 0.254 e. The van der Waals surface area contributed by atoms with E-state index >= 15 is 0 Å². The molecule has 1 aromatic rings. The van der Waals surface area contributed by atoms with Crippen molar-refractivity contribution >= 4 is 21.8 Å². The van der Waals surface area contributed by atoms with Gasteiger partial charge in [-0.1, -0.05) is 15.9 Å². The molecule has 16 heavy (non-hydrogen) atoms. The summed E-state index contributed by atoms with van der Waals surface area (Å²) in [6, 6.07) is 0. The van der Waals surface area contributed by atoms with E-state index in [0.717, 1.165) is 6.42 Å². The minimum Gasteiger partial charge on any atom is -0.384 e. The van der Waals surface area contributed by atoms with Crippen LogP contribution in [0.3, 0.4) is 0 Å². The summed E-state index contributed by atoms with van der Waals surface area (Å²) in [4.78, 5) is 11.9. The summed E-state index contributed by atoms with van der Waals surface area (Å²) in [7, 11) is 3.44. The number of carbonyl (C=O) groups excluding carboxylic acids is 1. The number of methoxy groups -OCH3 is 1. The molecule has 5 nitrogen and oxygen atoms in total. The van der Waals surface area contributed by atoms with E-state index in [9.17, 15) is 4.79 Å². The number of halogens is 1. The summed E-state index contributed by atoms with van der Waals surface area (Å²) >= 11 is 3.46. The molecule has 0 spiro atoms. The molecule has 0 aliphatic heterocycles. The SMILES string of the molecule is COCC(Br)CCNC(=O)c1cnn(C)c1. The van der Waals surface area contributed by atoms with Crippen LogP contribution < -0.4 is 5.32 Å². The van der Waals surface area contributed by atoms with Gasteiger partial charge in [0.15, 0.2) is 0 Å². The lowest BCUT2D eigenvalue weighted by atomic mass is 10.3. The van der Waals surface area contributed by atoms with E-state index < -0.39 is 0 Å². The summed E-state index contributed by atoms with van der Waals surface area (Å²) in [5.74, 6) is -0.0924. The Balaban J connectivity index is 2.25. The Morgan fingerprint density at radius 1 is 1.75 bits per heavy atom. The predicted octanol–water partition coefficient (Wildman–Crippen LogP) is 0.950. The fraction of sp³-hybridized carbons (Fsp3) is 0.600. The number of nitrogens with one attached hydrogen (secondary N) is 1. The lowest BCUT2D eigenvalue weighted by Crippen LogP contribution is -2.26. The van der Waals surface area contributed by atoms with E-state index in [1.54, 1.807) is 31.2 Å². The van der Waals surface area contributed by atoms with Crippen molar-refractivity contribution in [3.63, 3.8) is 0 Å². The van der Waals surface area contributed by atoms with Crippen LogP contribution in [-0.2, 0) is 11.8 Å². The van der Waals surface area contributed by atoms with Gasteiger partial charge >= 0.3 is 0 Å². The molecular formula is C10H16BrN3O2. The highest BCUT2D eigenvalue weighted by Crippen LogP contribution is 2.04. The Bertz CT molecular complexity index is 341. The molecule has 0 saturated heterocycles. The van der Waals surface area contributed by atoms with Crippen LogP contribution in [0.2, 0.25) is 0 Å². The van der Waals surface area contributed by atoms with Crippen molar-refractivity contribution in [2.24, 2.45) is 7.05 Å². The molecule has 0 radical (unpaired) electrons. The molecule has 1 N–H and O–H groups in total. The van der Waals surface area contributed by atoms with E-state index in [0.29, 0.717) is 18.7 Å². The van der Waals surface area contributed by atoms with Gasteiger partial charge in [0.05, 0.1) is 18.4 Å². The summed E-state index contributed by atoms with van der Waals surface area (Å²) < 4.78 is 6.58. The summed E-state index contributed by atoms with van der Waals surface area (Å²) in [5, 5.41) is 6.76. The number of hydrogen-bond donors (Lipinski definition) is 1. The first-order valence-corrected chi connectivity index (χ1v) is 5.95. The van der Waals surface area contributed by atoms with E-state index in [2.05, 4.69) is 26.3 Å². The monoisotopic (exact) mass is 289 g/mol. The molecule has 0 fully saturated rings. The minimum atomic E-state index is -0.0924. The van der Waals surface area contributed by atoms with Gasteiger partial charge in [-0.25, -0.2) is 0 Å². The largest absolute Gasteiger partial charge is 0.384 e. The molecule has 0 aliphatic rings. The van der Waals surface area contributed by atoms with Gasteiger partial charge in [0.25, 0.3) is 5.91 Å². The molecule has 1 atom stereocenters. The third-order valence-corrected chi connectivity index (χ3v) is 2.78. The molecule has 0 aromatic carbocycles. The second-order valence-electron chi connectivity index (χ2n) is 3.50. The molecule has 0 aliphatic carbocycles. The second kappa shape index (κ2) is 6.65. The van der Waals surface area contributed by atoms with Crippen molar-refractivity contribution in [3.05, 3.63) is 18.0 Å². The average Bonchev–Trinajstić information content (AvgIpc) is 2.65. The quantitative estimate of drug-likeness (QED) is 0.794. The number of alkyl halides is 1. The highest BCUT2D eigenvalue weighted by Gasteiger charge is 2.08. The predicted molar refractivity (Wildman–Crippen MR) is 64.7 cm³/mol. The number of ether oxygens (including phenoxy) is 1. The third-order valence-electron chi connectivity index (χ3n) is 2.06. The van der Waals surface area contributed by atoms with Crippen LogP contribution in [0.1, 0.15) is 16.8 Å². The standard InChI is InChI=1S/C10H16BrN3O2/c1-14-6-8(5-13-14)10(15)12-4-3-9(11)7-16-2/h5-6,9H,3-4,7H2,1-2H3,(H,12,15). The topological polar surface area (TPSA) is 56.1 Å². The number of hydrogen-bond acceptors (Lipinski definition) is 3. The molecule has 1 unspecified atom stereocenters. The van der Waals surface area contributed by atoms with E-state index in [1.165, 1.54) is 0 Å². The second-order valence-corrected chi connectivity index (χ2v) is 4.79. The van der Waals surface area contributed by atoms with Crippen molar-refractivity contribution in [1.82, 2.24) is 15.1 Å². The van der Waals surface area contributed by atoms with Gasteiger partial charge in [0.1, 0.15) is 0 Å². The van der Waals surface area contributed by atoms with Crippen LogP contribution in [0.15, 0.2) is 12.4 Å². The molecule has 90 valence electrons. The fourth-order valence-electron chi connectivity index (χ4n) is 1.25. The van der Waals surface area contributed by atoms with E-state index in [4.69, 9.17) is 4.74 Å². The van der Waals surface area contributed by atoms with Crippen LogP contribution in [0.5, 0.6) is 0 Å². The zero-order valence-corrected chi connectivity index (χ0v) is 11.0. The molecule has 1 heterocycles. The number of amides is 1. The first-order chi connectivity index (χ1) is 7.63. The molecule has 1 rings (SSSR count). The maximum absolute atomic E-state index is 11.6. The molecule has 6 heteroatoms. The van der Waals surface area contributed by atoms with Crippen LogP contribution in [0, 0.1) is 0 Å². The van der Waals surface area contributed by atoms with Gasteiger partial charge in [-0.2, -0.15) is 5.10 Å². The van der Waals surface area contributed by atoms with Crippen LogP contribution in [0.4, 0.5) is 0 Å². The normalized spacial score (nSPS) is 12.4. The Hall–Kier alpha value is -0.880. The number of carbonyl (C=O) groups is 1. The molecule has 1 amide bonds. The van der Waals surface area contributed by atoms with Crippen LogP contribution in [-0.4, -0.2) is 40.8 Å². The Labute approximate surface area is 103 Å². The highest BCUT2D eigenvalue weighted by molar-refractivity contribution is 9.09. The number of nitrogens with zero attached hydrogens (tertiary/aromatic N) is 2. The van der Waals surface area contributed by atoms with Gasteiger partial charge in [-0.15, -0.1) is 0 Å². The summed E-state index contributed by atoms with van der Waals surface area (Å²) in [6.07, 6.45) is 4.08. The van der Waals surface area contributed by atoms with Gasteiger partial charge in [-0.3, -0.25) is 9.48 Å². The maximum atomic E-state index is 11.6. The van der Waals surface area contributed by atoms with Crippen molar-refractivity contribution in [3.8, 4) is 0 Å². The van der Waals surface area contributed by atoms with Crippen molar-refractivity contribution in [2.75, 3.05) is 20.3 Å².